The maximum absolute atomic E-state index is 13.6. The number of rotatable bonds is 18. The van der Waals surface area contributed by atoms with Gasteiger partial charge in [-0.15, -0.1) is 0 Å². The molecule has 8 fully saturated rings. The van der Waals surface area contributed by atoms with Crippen molar-refractivity contribution < 1.29 is 112 Å². The number of carbonyl (C=O) groups excluding carboxylic acids is 2. The van der Waals surface area contributed by atoms with Crippen LogP contribution in [0.5, 0.6) is 0 Å². The zero-order valence-corrected chi connectivity index (χ0v) is 51.2. The van der Waals surface area contributed by atoms with E-state index < -0.39 is 182 Å². The number of esters is 1. The zero-order chi connectivity index (χ0) is 61.8. The average Bonchev–Trinajstić information content (AvgIpc) is 1.30. The molecule has 9 aliphatic rings. The summed E-state index contributed by atoms with van der Waals surface area (Å²) in [4.78, 5) is 26.9. The Bertz CT molecular complexity index is 2510. The van der Waals surface area contributed by atoms with Gasteiger partial charge in [0.1, 0.15) is 71.9 Å². The fraction of sp³-hybridized carbons (Fsp3) is 0.810. The van der Waals surface area contributed by atoms with Crippen molar-refractivity contribution in [2.45, 2.75) is 272 Å². The Morgan fingerprint density at radius 2 is 1.19 bits per heavy atom. The van der Waals surface area contributed by atoms with Gasteiger partial charge in [-0.3, -0.25) is 4.79 Å². The molecule has 1 aromatic rings. The van der Waals surface area contributed by atoms with Gasteiger partial charge in [0.2, 0.25) is 0 Å². The Morgan fingerprint density at radius 1 is 0.651 bits per heavy atom. The molecule has 0 radical (unpaired) electrons. The monoisotopic (exact) mass is 1220 g/mol. The highest BCUT2D eigenvalue weighted by Crippen LogP contribution is 2.70. The lowest BCUT2D eigenvalue weighted by Gasteiger charge is -2.66. The smallest absolute Gasteiger partial charge is 0.331 e. The third kappa shape index (κ3) is 12.5. The first-order valence-corrected chi connectivity index (χ1v) is 30.9. The van der Waals surface area contributed by atoms with E-state index in [2.05, 4.69) is 13.0 Å². The fourth-order valence-electron chi connectivity index (χ4n) is 16.4. The number of Topliss-reactive ketones (excluding diaryl/α,β-unsaturated/α-hetero) is 1. The predicted molar refractivity (Wildman–Crippen MR) is 302 cm³/mol. The van der Waals surface area contributed by atoms with Gasteiger partial charge < -0.3 is 102 Å². The molecule has 23 nitrogen and oxygen atoms in total. The molecule has 1 aromatic carbocycles. The Morgan fingerprint density at radius 3 is 1.73 bits per heavy atom. The first-order chi connectivity index (χ1) is 40.9. The van der Waals surface area contributed by atoms with Crippen molar-refractivity contribution in [1.29, 1.82) is 0 Å². The minimum Gasteiger partial charge on any atom is -0.458 e. The number of ketones is 1. The molecular formula is C63H94O23. The second kappa shape index (κ2) is 26.7. The first-order valence-electron chi connectivity index (χ1n) is 30.9. The molecular weight excluding hydrogens is 1120 g/mol. The van der Waals surface area contributed by atoms with E-state index in [9.17, 15) is 45.3 Å². The van der Waals surface area contributed by atoms with Crippen molar-refractivity contribution in [3.8, 4) is 0 Å². The maximum atomic E-state index is 13.6. The van der Waals surface area contributed by atoms with Crippen LogP contribution in [-0.2, 0) is 75.9 Å². The molecule has 484 valence electrons. The van der Waals surface area contributed by atoms with Gasteiger partial charge in [-0.1, -0.05) is 55.8 Å². The summed E-state index contributed by atoms with van der Waals surface area (Å²) in [7, 11) is 4.71. The van der Waals surface area contributed by atoms with Gasteiger partial charge in [0.05, 0.1) is 61.5 Å². The molecule has 86 heavy (non-hydrogen) atoms. The van der Waals surface area contributed by atoms with Crippen LogP contribution in [0.3, 0.4) is 0 Å². The Balaban J connectivity index is 0.712. The van der Waals surface area contributed by atoms with E-state index in [1.807, 2.05) is 51.1 Å². The molecule has 4 aliphatic carbocycles. The number of fused-ring (bicyclic) bond motifs is 5. The van der Waals surface area contributed by atoms with Crippen LogP contribution in [0.25, 0.3) is 6.08 Å². The molecule has 0 aromatic heterocycles. The Hall–Kier alpha value is -2.96. The first kappa shape index (κ1) is 66.0. The molecule has 7 N–H and O–H groups in total. The van der Waals surface area contributed by atoms with Gasteiger partial charge in [0.25, 0.3) is 0 Å². The molecule has 5 aliphatic heterocycles. The molecule has 0 amide bonds. The molecule has 3 saturated carbocycles. The number of hydrogen-bond donors (Lipinski definition) is 7. The summed E-state index contributed by atoms with van der Waals surface area (Å²) in [6, 6.07) is 9.42. The summed E-state index contributed by atoms with van der Waals surface area (Å²) in [6.07, 6.45) is -10.2. The van der Waals surface area contributed by atoms with Crippen LogP contribution in [0, 0.1) is 22.7 Å². The number of methoxy groups -OCH3 is 3. The van der Waals surface area contributed by atoms with Crippen molar-refractivity contribution in [1.82, 2.24) is 0 Å². The summed E-state index contributed by atoms with van der Waals surface area (Å²) in [5, 5.41) is 78.3. The minimum absolute atomic E-state index is 0.0611. The SMILES string of the molecule is CO[C@H]1C[C@H](O[C@H]2CC[C@@]3(C)C(=CC[C@]4(O)[C@@H]3C[C@@H](OC(=O)C=Cc3ccccc3)[C@]3(C)[C@H](C(C)=O)CC[C@@]34O)C2)O[C@H](C)[C@H]1O[C@H]1C[C@@H](OC)[C@H](O[C@H]2C[C@H](O)[C@H](O[C@H]3C[C@@H](OC)[C@H](O[C@@H]4O[C@H](CO)[C@@H](O)[C@H](O)[C@H]4O)[C@@H](C)O3)[C@@H](C)O2)[C@@H](C)O1. The van der Waals surface area contributed by atoms with Crippen molar-refractivity contribution in [2.75, 3.05) is 27.9 Å². The van der Waals surface area contributed by atoms with Crippen LogP contribution < -0.4 is 0 Å². The fourth-order valence-corrected chi connectivity index (χ4v) is 16.4. The summed E-state index contributed by atoms with van der Waals surface area (Å²) >= 11 is 0. The van der Waals surface area contributed by atoms with E-state index in [0.717, 1.165) is 11.1 Å². The van der Waals surface area contributed by atoms with Crippen LogP contribution in [0.2, 0.25) is 0 Å². The molecule has 10 rings (SSSR count). The van der Waals surface area contributed by atoms with Crippen molar-refractivity contribution in [3.63, 3.8) is 0 Å². The second-order valence-corrected chi connectivity index (χ2v) is 26.1. The van der Waals surface area contributed by atoms with Crippen molar-refractivity contribution >= 4 is 17.8 Å². The van der Waals surface area contributed by atoms with Gasteiger partial charge in [0, 0.05) is 70.3 Å². The minimum atomic E-state index is -1.71. The van der Waals surface area contributed by atoms with Crippen LogP contribution in [0.1, 0.15) is 125 Å². The highest BCUT2D eigenvalue weighted by atomic mass is 16.8. The predicted octanol–water partition coefficient (Wildman–Crippen LogP) is 3.29. The molecule has 0 spiro atoms. The average molecular weight is 1220 g/mol. The van der Waals surface area contributed by atoms with Gasteiger partial charge >= 0.3 is 5.97 Å². The largest absolute Gasteiger partial charge is 0.458 e. The lowest BCUT2D eigenvalue weighted by molar-refractivity contribution is -0.358. The van der Waals surface area contributed by atoms with Gasteiger partial charge in [-0.05, 0) is 96.6 Å². The van der Waals surface area contributed by atoms with Crippen molar-refractivity contribution in [2.24, 2.45) is 22.7 Å². The van der Waals surface area contributed by atoms with Crippen LogP contribution in [0.15, 0.2) is 48.1 Å². The Kier molecular flexibility index (Phi) is 20.5. The number of benzene rings is 1. The number of carbonyl (C=O) groups is 2. The summed E-state index contributed by atoms with van der Waals surface area (Å²) < 4.78 is 87.6. The summed E-state index contributed by atoms with van der Waals surface area (Å²) in [5.41, 5.74) is -3.13. The van der Waals surface area contributed by atoms with E-state index in [1.165, 1.54) is 20.1 Å². The van der Waals surface area contributed by atoms with Gasteiger partial charge in [-0.25, -0.2) is 4.79 Å². The van der Waals surface area contributed by atoms with E-state index in [4.69, 9.17) is 66.3 Å². The molecule has 29 atom stereocenters. The van der Waals surface area contributed by atoms with Gasteiger partial charge in [-0.2, -0.15) is 0 Å². The molecule has 23 heteroatoms. The highest BCUT2D eigenvalue weighted by Gasteiger charge is 2.77. The maximum Gasteiger partial charge on any atom is 0.331 e. The summed E-state index contributed by atoms with van der Waals surface area (Å²) in [6.45, 7) is 12.1. The van der Waals surface area contributed by atoms with Crippen LogP contribution in [-0.4, -0.2) is 228 Å². The zero-order valence-electron chi connectivity index (χ0n) is 51.2. The van der Waals surface area contributed by atoms with E-state index >= 15 is 0 Å². The molecule has 0 unspecified atom stereocenters. The molecule has 5 saturated heterocycles. The van der Waals surface area contributed by atoms with Gasteiger partial charge in [0.15, 0.2) is 31.5 Å². The topological polar surface area (TPSA) is 305 Å². The van der Waals surface area contributed by atoms with E-state index in [-0.39, 0.29) is 44.0 Å². The number of hydrogen-bond acceptors (Lipinski definition) is 23. The number of aliphatic hydroxyl groups is 7. The number of aliphatic hydroxyl groups excluding tert-OH is 5. The lowest BCUT2D eigenvalue weighted by Crippen LogP contribution is -2.75. The van der Waals surface area contributed by atoms with Crippen LogP contribution in [0.4, 0.5) is 0 Å². The van der Waals surface area contributed by atoms with Crippen molar-refractivity contribution in [3.05, 3.63) is 53.6 Å². The lowest BCUT2D eigenvalue weighted by atomic mass is 9.43. The normalized spacial score (nSPS) is 48.8. The second-order valence-electron chi connectivity index (χ2n) is 26.1. The quantitative estimate of drug-likeness (QED) is 0.0630. The van der Waals surface area contributed by atoms with Crippen LogP contribution >= 0.6 is 0 Å². The molecule has 0 bridgehead atoms. The Labute approximate surface area is 503 Å². The van der Waals surface area contributed by atoms with E-state index in [1.54, 1.807) is 34.1 Å². The standard InChI is InChI=1S/C63H94O23/c1-31(65)39-20-23-63(72)61(39,7)46(82-47(67)17-16-36-14-12-11-13-15-36)29-45-60(6)21-19-38(24-37(60)18-22-62(45,63)71)80-49-26-41(73-8)57(33(3)77-49)85-51-27-42(74-9)56(34(4)78-51)84-48-25-40(66)55(32(2)76-48)83-50-28-43(75-10)58(35(5)79-50)86-59-54(70)53(69)52(68)44(30-64)81-59/h11-18,32-35,38-46,48-59,64,66,68-72H,19-30H2,1-10H3/t32-,33-,34-,35-,38+,39+,40+,41+,42-,43-,44-,45-,46-,48+,49+,50+,51+,52-,53+,54-,55-,56-,57-,58-,59+,60+,61+,62+,63-/m1/s1. The highest BCUT2D eigenvalue weighted by molar-refractivity contribution is 5.87. The molecule has 5 heterocycles. The third-order valence-corrected chi connectivity index (χ3v) is 21.2. The van der Waals surface area contributed by atoms with E-state index in [0.29, 0.717) is 38.5 Å². The third-order valence-electron chi connectivity index (χ3n) is 21.2. The number of ether oxygens (including phenoxy) is 14. The summed E-state index contributed by atoms with van der Waals surface area (Å²) in [5.74, 6) is -1.76.